The van der Waals surface area contributed by atoms with Crippen molar-refractivity contribution in [3.8, 4) is 0 Å². The van der Waals surface area contributed by atoms with Gasteiger partial charge in [-0.2, -0.15) is 0 Å². The quantitative estimate of drug-likeness (QED) is 0.637. The molecule has 1 aromatic carbocycles. The summed E-state index contributed by atoms with van der Waals surface area (Å²) in [5, 5.41) is 3.63. The van der Waals surface area contributed by atoms with Gasteiger partial charge in [0.1, 0.15) is 0 Å². The smallest absolute Gasteiger partial charge is 0.251 e. The maximum atomic E-state index is 12.0. The van der Waals surface area contributed by atoms with Gasteiger partial charge in [-0.15, -0.1) is 0 Å². The van der Waals surface area contributed by atoms with Gasteiger partial charge in [-0.05, 0) is 36.6 Å². The van der Waals surface area contributed by atoms with E-state index in [0.717, 1.165) is 9.99 Å². The van der Waals surface area contributed by atoms with E-state index in [1.165, 1.54) is 0 Å². The van der Waals surface area contributed by atoms with Gasteiger partial charge in [-0.1, -0.05) is 48.0 Å². The lowest BCUT2D eigenvalue weighted by atomic mass is 10.1. The van der Waals surface area contributed by atoms with Crippen LogP contribution in [0, 0.1) is 12.8 Å². The van der Waals surface area contributed by atoms with E-state index >= 15 is 0 Å². The van der Waals surface area contributed by atoms with Crippen LogP contribution in [-0.2, 0) is 0 Å². The number of hydrogen-bond acceptors (Lipinski definition) is 1. The van der Waals surface area contributed by atoms with Crippen LogP contribution in [0.25, 0.3) is 0 Å². The van der Waals surface area contributed by atoms with E-state index in [-0.39, 0.29) is 11.9 Å². The Morgan fingerprint density at radius 2 is 2.06 bits per heavy atom. The molecular formula is C13H17ClINO. The van der Waals surface area contributed by atoms with Crippen LogP contribution in [0.5, 0.6) is 0 Å². The molecule has 0 heterocycles. The molecule has 0 bridgehead atoms. The van der Waals surface area contributed by atoms with Crippen molar-refractivity contribution < 1.29 is 4.79 Å². The molecule has 4 heteroatoms. The molecule has 0 aliphatic heterocycles. The Morgan fingerprint density at radius 3 is 2.53 bits per heavy atom. The SMILES string of the molecule is Cc1cc(Cl)cc(C(=O)NC(CI)C(C)C)c1. The lowest BCUT2D eigenvalue weighted by Crippen LogP contribution is -2.39. The van der Waals surface area contributed by atoms with E-state index in [4.69, 9.17) is 11.6 Å². The Morgan fingerprint density at radius 1 is 1.41 bits per heavy atom. The lowest BCUT2D eigenvalue weighted by molar-refractivity contribution is 0.0932. The highest BCUT2D eigenvalue weighted by Gasteiger charge is 2.16. The van der Waals surface area contributed by atoms with E-state index in [1.54, 1.807) is 6.07 Å². The molecule has 94 valence electrons. The van der Waals surface area contributed by atoms with E-state index < -0.39 is 0 Å². The summed E-state index contributed by atoms with van der Waals surface area (Å²) in [7, 11) is 0. The van der Waals surface area contributed by atoms with Crippen molar-refractivity contribution in [1.82, 2.24) is 5.32 Å². The van der Waals surface area contributed by atoms with Crippen molar-refractivity contribution in [2.45, 2.75) is 26.8 Å². The summed E-state index contributed by atoms with van der Waals surface area (Å²) < 4.78 is 0.903. The molecule has 1 N–H and O–H groups in total. The molecule has 1 aromatic rings. The van der Waals surface area contributed by atoms with Gasteiger partial charge < -0.3 is 5.32 Å². The summed E-state index contributed by atoms with van der Waals surface area (Å²) in [6.07, 6.45) is 0. The Hall–Kier alpha value is -0.290. The van der Waals surface area contributed by atoms with Crippen LogP contribution in [-0.4, -0.2) is 16.4 Å². The number of amides is 1. The number of aryl methyl sites for hydroxylation is 1. The van der Waals surface area contributed by atoms with E-state index in [9.17, 15) is 4.79 Å². The van der Waals surface area contributed by atoms with Gasteiger partial charge in [0, 0.05) is 21.1 Å². The third-order valence-electron chi connectivity index (χ3n) is 2.59. The summed E-state index contributed by atoms with van der Waals surface area (Å²) in [5.74, 6) is 0.377. The summed E-state index contributed by atoms with van der Waals surface area (Å²) in [6.45, 7) is 6.14. The van der Waals surface area contributed by atoms with Crippen molar-refractivity contribution in [1.29, 1.82) is 0 Å². The Labute approximate surface area is 121 Å². The largest absolute Gasteiger partial charge is 0.348 e. The lowest BCUT2D eigenvalue weighted by Gasteiger charge is -2.20. The predicted octanol–water partition coefficient (Wildman–Crippen LogP) is 3.84. The van der Waals surface area contributed by atoms with Gasteiger partial charge in [-0.3, -0.25) is 4.79 Å². The Kier molecular flexibility index (Phi) is 5.73. The van der Waals surface area contributed by atoms with Crippen LogP contribution in [0.1, 0.15) is 29.8 Å². The van der Waals surface area contributed by atoms with Crippen molar-refractivity contribution in [2.75, 3.05) is 4.43 Å². The van der Waals surface area contributed by atoms with Gasteiger partial charge in [0.05, 0.1) is 0 Å². The number of hydrogen-bond donors (Lipinski definition) is 1. The topological polar surface area (TPSA) is 29.1 Å². The average molecular weight is 366 g/mol. The Bertz CT molecular complexity index is 386. The fraction of sp³-hybridized carbons (Fsp3) is 0.462. The summed E-state index contributed by atoms with van der Waals surface area (Å²) in [6, 6.07) is 5.60. The number of carbonyl (C=O) groups excluding carboxylic acids is 1. The predicted molar refractivity (Wildman–Crippen MR) is 81.2 cm³/mol. The fourth-order valence-electron chi connectivity index (χ4n) is 1.50. The third-order valence-corrected chi connectivity index (χ3v) is 3.76. The molecule has 2 nitrogen and oxygen atoms in total. The zero-order valence-corrected chi connectivity index (χ0v) is 13.2. The monoisotopic (exact) mass is 365 g/mol. The van der Waals surface area contributed by atoms with Crippen molar-refractivity contribution in [2.24, 2.45) is 5.92 Å². The molecule has 1 amide bonds. The van der Waals surface area contributed by atoms with Crippen molar-refractivity contribution in [3.63, 3.8) is 0 Å². The summed E-state index contributed by atoms with van der Waals surface area (Å²) in [4.78, 5) is 12.0. The molecule has 1 atom stereocenters. The number of halogens is 2. The van der Waals surface area contributed by atoms with E-state index in [0.29, 0.717) is 16.5 Å². The minimum absolute atomic E-state index is 0.0500. The molecule has 0 saturated carbocycles. The minimum atomic E-state index is -0.0500. The van der Waals surface area contributed by atoms with Crippen molar-refractivity contribution >= 4 is 40.1 Å². The fourth-order valence-corrected chi connectivity index (χ4v) is 3.03. The normalized spacial score (nSPS) is 12.6. The molecule has 0 aliphatic rings. The number of nitrogens with one attached hydrogen (secondary N) is 1. The van der Waals surface area contributed by atoms with Gasteiger partial charge in [0.15, 0.2) is 0 Å². The molecule has 0 saturated heterocycles. The number of alkyl halides is 1. The zero-order valence-electron chi connectivity index (χ0n) is 10.3. The van der Waals surface area contributed by atoms with Gasteiger partial charge in [0.2, 0.25) is 0 Å². The van der Waals surface area contributed by atoms with Crippen LogP contribution in [0.15, 0.2) is 18.2 Å². The van der Waals surface area contributed by atoms with Gasteiger partial charge in [0.25, 0.3) is 5.91 Å². The first kappa shape index (κ1) is 14.8. The first-order chi connectivity index (χ1) is 7.93. The van der Waals surface area contributed by atoms with E-state index in [2.05, 4.69) is 41.8 Å². The number of benzene rings is 1. The summed E-state index contributed by atoms with van der Waals surface area (Å²) in [5.41, 5.74) is 1.63. The van der Waals surface area contributed by atoms with Crippen molar-refractivity contribution in [3.05, 3.63) is 34.3 Å². The minimum Gasteiger partial charge on any atom is -0.348 e. The van der Waals surface area contributed by atoms with Crippen LogP contribution < -0.4 is 5.32 Å². The molecule has 0 fully saturated rings. The average Bonchev–Trinajstić information content (AvgIpc) is 2.23. The standard InChI is InChI=1S/C13H17ClINO/c1-8(2)12(7-15)16-13(17)10-4-9(3)5-11(14)6-10/h4-6,8,12H,7H2,1-3H3,(H,16,17). The highest BCUT2D eigenvalue weighted by molar-refractivity contribution is 14.1. The van der Waals surface area contributed by atoms with E-state index in [1.807, 2.05) is 19.1 Å². The molecule has 0 aliphatic carbocycles. The molecule has 1 rings (SSSR count). The second-order valence-electron chi connectivity index (χ2n) is 4.50. The number of carbonyl (C=O) groups is 1. The second-order valence-corrected chi connectivity index (χ2v) is 5.81. The van der Waals surface area contributed by atoms with Crippen LogP contribution in [0.3, 0.4) is 0 Å². The summed E-state index contributed by atoms with van der Waals surface area (Å²) >= 11 is 8.24. The van der Waals surface area contributed by atoms with Crippen LogP contribution >= 0.6 is 34.2 Å². The second kappa shape index (κ2) is 6.59. The van der Waals surface area contributed by atoms with Crippen LogP contribution in [0.2, 0.25) is 5.02 Å². The van der Waals surface area contributed by atoms with Gasteiger partial charge in [-0.25, -0.2) is 0 Å². The molecule has 0 radical (unpaired) electrons. The molecule has 17 heavy (non-hydrogen) atoms. The zero-order chi connectivity index (χ0) is 13.0. The third kappa shape index (κ3) is 4.47. The van der Waals surface area contributed by atoms with Gasteiger partial charge >= 0.3 is 0 Å². The molecule has 0 spiro atoms. The number of rotatable bonds is 4. The van der Waals surface area contributed by atoms with Crippen LogP contribution in [0.4, 0.5) is 0 Å². The molecular weight excluding hydrogens is 349 g/mol. The molecule has 1 unspecified atom stereocenters. The Balaban J connectivity index is 2.82. The highest BCUT2D eigenvalue weighted by Crippen LogP contribution is 2.15. The maximum absolute atomic E-state index is 12.0. The first-order valence-corrected chi connectivity index (χ1v) is 7.48. The molecule has 0 aromatic heterocycles. The first-order valence-electron chi connectivity index (χ1n) is 5.58. The maximum Gasteiger partial charge on any atom is 0.251 e. The highest BCUT2D eigenvalue weighted by atomic mass is 127.